The van der Waals surface area contributed by atoms with Gasteiger partial charge in [-0.1, -0.05) is 197 Å². The van der Waals surface area contributed by atoms with Crippen LogP contribution in [0.25, 0.3) is 0 Å². The Hall–Kier alpha value is -2.89. The monoisotopic (exact) mass is 839 g/mol. The molecule has 0 saturated carbocycles. The molecule has 0 bridgehead atoms. The van der Waals surface area contributed by atoms with Crippen molar-refractivity contribution in [1.29, 1.82) is 0 Å². The predicted octanol–water partition coefficient (Wildman–Crippen LogP) is 16.5. The van der Waals surface area contributed by atoms with Crippen LogP contribution in [0, 0.1) is 0 Å². The normalized spacial score (nSPS) is 12.5. The first kappa shape index (κ1) is 57.1. The maximum atomic E-state index is 12.8. The number of carbonyl (C=O) groups is 3. The van der Waals surface area contributed by atoms with Crippen molar-refractivity contribution in [2.24, 2.45) is 0 Å². The van der Waals surface area contributed by atoms with E-state index in [1.807, 2.05) is 0 Å². The average molecular weight is 839 g/mol. The van der Waals surface area contributed by atoms with Crippen molar-refractivity contribution < 1.29 is 28.6 Å². The van der Waals surface area contributed by atoms with E-state index in [9.17, 15) is 14.4 Å². The maximum Gasteiger partial charge on any atom is 0.306 e. The van der Waals surface area contributed by atoms with Crippen LogP contribution in [0.2, 0.25) is 0 Å². The minimum atomic E-state index is -0.792. The van der Waals surface area contributed by atoms with Crippen molar-refractivity contribution in [3.8, 4) is 0 Å². The van der Waals surface area contributed by atoms with Gasteiger partial charge in [-0.25, -0.2) is 0 Å². The summed E-state index contributed by atoms with van der Waals surface area (Å²) in [5, 5.41) is 0. The summed E-state index contributed by atoms with van der Waals surface area (Å²) < 4.78 is 16.7. The van der Waals surface area contributed by atoms with Crippen LogP contribution in [0.4, 0.5) is 0 Å². The first-order valence-electron chi connectivity index (χ1n) is 25.3. The molecule has 60 heavy (non-hydrogen) atoms. The van der Waals surface area contributed by atoms with E-state index in [0.717, 1.165) is 96.3 Å². The van der Waals surface area contributed by atoms with Crippen LogP contribution in [0.5, 0.6) is 0 Å². The lowest BCUT2D eigenvalue weighted by molar-refractivity contribution is -0.167. The van der Waals surface area contributed by atoms with Gasteiger partial charge in [0.05, 0.1) is 0 Å². The molecule has 1 atom stereocenters. The fraction of sp³-hybridized carbons (Fsp3) is 0.759. The van der Waals surface area contributed by atoms with Crippen LogP contribution < -0.4 is 0 Å². The van der Waals surface area contributed by atoms with E-state index in [-0.39, 0.29) is 31.1 Å². The van der Waals surface area contributed by atoms with Gasteiger partial charge in [0.15, 0.2) is 6.10 Å². The number of hydrogen-bond donors (Lipinski definition) is 0. The Morgan fingerprint density at radius 2 is 0.633 bits per heavy atom. The molecule has 0 heterocycles. The minimum absolute atomic E-state index is 0.0915. The van der Waals surface area contributed by atoms with Gasteiger partial charge in [0, 0.05) is 19.3 Å². The molecule has 1 unspecified atom stereocenters. The summed E-state index contributed by atoms with van der Waals surface area (Å²) in [7, 11) is 0. The van der Waals surface area contributed by atoms with Crippen molar-refractivity contribution in [3.05, 3.63) is 60.8 Å². The number of ether oxygens (including phenoxy) is 3. The third kappa shape index (κ3) is 46.2. The van der Waals surface area contributed by atoms with Crippen LogP contribution >= 0.6 is 0 Å². The van der Waals surface area contributed by atoms with Crippen LogP contribution in [-0.2, 0) is 28.6 Å². The molecule has 0 rings (SSSR count). The molecule has 0 fully saturated rings. The average Bonchev–Trinajstić information content (AvgIpc) is 3.24. The standard InChI is InChI=1S/C54H94O6/c1-4-7-10-13-16-19-22-24-25-26-27-28-30-32-35-38-41-44-47-53(56)59-50-51(49-58-52(55)46-43-40-37-34-31-21-18-15-12-9-6-3)60-54(57)48-45-42-39-36-33-29-23-20-17-14-11-8-5-2/h15,18,22,24-29,33,51H,4-14,16-17,19-21,23,30-32,34-50H2,1-3H3/b18-15-,24-22-,26-25-,28-27-,33-29-. The lowest BCUT2D eigenvalue weighted by atomic mass is 10.1. The third-order valence-electron chi connectivity index (χ3n) is 10.8. The third-order valence-corrected chi connectivity index (χ3v) is 10.8. The molecule has 0 aromatic carbocycles. The van der Waals surface area contributed by atoms with Gasteiger partial charge in [-0.3, -0.25) is 14.4 Å². The van der Waals surface area contributed by atoms with E-state index >= 15 is 0 Å². The smallest absolute Gasteiger partial charge is 0.306 e. The molecule has 0 aliphatic rings. The molecule has 0 aliphatic carbocycles. The van der Waals surface area contributed by atoms with Gasteiger partial charge in [0.2, 0.25) is 0 Å². The summed E-state index contributed by atoms with van der Waals surface area (Å²) in [5.74, 6) is -0.936. The highest BCUT2D eigenvalue weighted by molar-refractivity contribution is 5.71. The Kier molecular flexibility index (Phi) is 46.4. The lowest BCUT2D eigenvalue weighted by Crippen LogP contribution is -2.30. The van der Waals surface area contributed by atoms with E-state index in [1.165, 1.54) is 109 Å². The zero-order valence-corrected chi connectivity index (χ0v) is 39.5. The highest BCUT2D eigenvalue weighted by Gasteiger charge is 2.19. The van der Waals surface area contributed by atoms with Gasteiger partial charge in [-0.2, -0.15) is 0 Å². The number of carbonyl (C=O) groups excluding carboxylic acids is 3. The number of allylic oxidation sites excluding steroid dienone is 10. The molecule has 0 radical (unpaired) electrons. The Morgan fingerprint density at radius 3 is 1.03 bits per heavy atom. The number of esters is 3. The zero-order chi connectivity index (χ0) is 43.7. The van der Waals surface area contributed by atoms with Crippen molar-refractivity contribution in [3.63, 3.8) is 0 Å². The van der Waals surface area contributed by atoms with E-state index in [4.69, 9.17) is 14.2 Å². The molecule has 0 saturated heterocycles. The van der Waals surface area contributed by atoms with Crippen LogP contribution in [0.15, 0.2) is 60.8 Å². The molecule has 0 aromatic rings. The molecule has 6 heteroatoms. The molecule has 0 aromatic heterocycles. The summed E-state index contributed by atoms with van der Waals surface area (Å²) in [5.41, 5.74) is 0. The fourth-order valence-corrected chi connectivity index (χ4v) is 6.89. The Morgan fingerprint density at radius 1 is 0.333 bits per heavy atom. The summed E-state index contributed by atoms with van der Waals surface area (Å²) in [6.07, 6.45) is 59.1. The van der Waals surface area contributed by atoms with Gasteiger partial charge >= 0.3 is 17.9 Å². The molecule has 0 N–H and O–H groups in total. The van der Waals surface area contributed by atoms with Gasteiger partial charge in [0.1, 0.15) is 13.2 Å². The molecule has 6 nitrogen and oxygen atoms in total. The molecule has 0 aliphatic heterocycles. The van der Waals surface area contributed by atoms with Crippen molar-refractivity contribution >= 4 is 17.9 Å². The second kappa shape index (κ2) is 48.8. The molecular weight excluding hydrogens is 745 g/mol. The van der Waals surface area contributed by atoms with E-state index in [2.05, 4.69) is 81.5 Å². The van der Waals surface area contributed by atoms with Crippen LogP contribution in [0.3, 0.4) is 0 Å². The summed E-state index contributed by atoms with van der Waals surface area (Å²) in [6.45, 7) is 6.54. The maximum absolute atomic E-state index is 12.8. The van der Waals surface area contributed by atoms with Crippen LogP contribution in [-0.4, -0.2) is 37.2 Å². The Bertz CT molecular complexity index is 1100. The topological polar surface area (TPSA) is 78.9 Å². The molecular formula is C54H94O6. The van der Waals surface area contributed by atoms with Gasteiger partial charge in [-0.15, -0.1) is 0 Å². The molecule has 0 amide bonds. The number of rotatable bonds is 45. The SMILES string of the molecule is CCCC/C=C\CCCCCCCC(=O)OCC(COC(=O)CCCCCCC\C=C/C=C\C=C/CCCCCCC)OC(=O)CCCCC/C=C\CCCCCCCC. The zero-order valence-electron chi connectivity index (χ0n) is 39.5. The van der Waals surface area contributed by atoms with Gasteiger partial charge in [0.25, 0.3) is 0 Å². The lowest BCUT2D eigenvalue weighted by Gasteiger charge is -2.18. The summed E-state index contributed by atoms with van der Waals surface area (Å²) >= 11 is 0. The Labute approximate surface area is 370 Å². The Balaban J connectivity index is 4.42. The predicted molar refractivity (Wildman–Crippen MR) is 256 cm³/mol. The first-order valence-corrected chi connectivity index (χ1v) is 25.3. The highest BCUT2D eigenvalue weighted by atomic mass is 16.6. The van der Waals surface area contributed by atoms with Crippen LogP contribution in [0.1, 0.15) is 245 Å². The van der Waals surface area contributed by atoms with Crippen molar-refractivity contribution in [2.75, 3.05) is 13.2 Å². The van der Waals surface area contributed by atoms with E-state index in [0.29, 0.717) is 19.3 Å². The largest absolute Gasteiger partial charge is 0.462 e. The van der Waals surface area contributed by atoms with Gasteiger partial charge < -0.3 is 14.2 Å². The quantitative estimate of drug-likeness (QED) is 0.0200. The second-order valence-electron chi connectivity index (χ2n) is 16.8. The summed E-state index contributed by atoms with van der Waals surface area (Å²) in [4.78, 5) is 37.9. The minimum Gasteiger partial charge on any atom is -0.462 e. The van der Waals surface area contributed by atoms with E-state index < -0.39 is 6.10 Å². The van der Waals surface area contributed by atoms with Gasteiger partial charge in [-0.05, 0) is 89.9 Å². The van der Waals surface area contributed by atoms with E-state index in [1.54, 1.807) is 0 Å². The second-order valence-corrected chi connectivity index (χ2v) is 16.8. The number of hydrogen-bond acceptors (Lipinski definition) is 6. The highest BCUT2D eigenvalue weighted by Crippen LogP contribution is 2.13. The molecule has 346 valence electrons. The van der Waals surface area contributed by atoms with Crippen molar-refractivity contribution in [2.45, 2.75) is 252 Å². The summed E-state index contributed by atoms with van der Waals surface area (Å²) in [6, 6.07) is 0. The molecule has 0 spiro atoms. The first-order chi connectivity index (χ1) is 29.5. The van der Waals surface area contributed by atoms with Crippen molar-refractivity contribution in [1.82, 2.24) is 0 Å². The fourth-order valence-electron chi connectivity index (χ4n) is 6.89. The number of unbranched alkanes of at least 4 members (excludes halogenated alkanes) is 26.